The second-order valence-corrected chi connectivity index (χ2v) is 4.29. The number of phenolic OH excluding ortho intramolecular Hbond substituents is 1. The summed E-state index contributed by atoms with van der Waals surface area (Å²) in [6, 6.07) is 7.01. The monoisotopic (exact) mass is 250 g/mol. The van der Waals surface area contributed by atoms with Crippen molar-refractivity contribution in [2.75, 3.05) is 32.8 Å². The third-order valence-corrected chi connectivity index (χ3v) is 2.94. The van der Waals surface area contributed by atoms with Crippen molar-refractivity contribution in [3.63, 3.8) is 0 Å². The van der Waals surface area contributed by atoms with E-state index in [9.17, 15) is 9.90 Å². The van der Waals surface area contributed by atoms with Crippen molar-refractivity contribution in [3.05, 3.63) is 29.8 Å². The minimum absolute atomic E-state index is 0.0276. The van der Waals surface area contributed by atoms with Crippen LogP contribution in [0.4, 0.5) is 0 Å². The minimum Gasteiger partial charge on any atom is -0.508 e. The van der Waals surface area contributed by atoms with Gasteiger partial charge < -0.3 is 15.2 Å². The molecule has 1 heterocycles. The first-order chi connectivity index (χ1) is 8.75. The molecule has 2 rings (SSSR count). The Labute approximate surface area is 106 Å². The van der Waals surface area contributed by atoms with Crippen LogP contribution in [0.1, 0.15) is 5.56 Å². The van der Waals surface area contributed by atoms with E-state index in [0.717, 1.165) is 18.7 Å². The van der Waals surface area contributed by atoms with Gasteiger partial charge in [0, 0.05) is 25.2 Å². The Morgan fingerprint density at radius 1 is 1.33 bits per heavy atom. The van der Waals surface area contributed by atoms with Crippen LogP contribution in [-0.4, -0.2) is 48.8 Å². The number of phenols is 1. The Morgan fingerprint density at radius 2 is 2.06 bits per heavy atom. The van der Waals surface area contributed by atoms with Gasteiger partial charge in [-0.25, -0.2) is 0 Å². The summed E-state index contributed by atoms with van der Waals surface area (Å²) < 4.78 is 5.22. The number of benzene rings is 1. The quantitative estimate of drug-likeness (QED) is 0.809. The average molecular weight is 250 g/mol. The van der Waals surface area contributed by atoms with Crippen LogP contribution in [0, 0.1) is 0 Å². The van der Waals surface area contributed by atoms with E-state index in [1.807, 2.05) is 6.07 Å². The molecular formula is C13H18N2O3. The van der Waals surface area contributed by atoms with Gasteiger partial charge in [0.05, 0.1) is 19.8 Å². The lowest BCUT2D eigenvalue weighted by atomic mass is 10.2. The predicted octanol–water partition coefficient (Wildman–Crippen LogP) is 0.341. The van der Waals surface area contributed by atoms with Crippen molar-refractivity contribution in [1.82, 2.24) is 10.2 Å². The topological polar surface area (TPSA) is 61.8 Å². The highest BCUT2D eigenvalue weighted by molar-refractivity contribution is 5.78. The number of aromatic hydroxyl groups is 1. The lowest BCUT2D eigenvalue weighted by Crippen LogP contribution is -2.43. The normalized spacial score (nSPS) is 16.4. The van der Waals surface area contributed by atoms with E-state index in [1.54, 1.807) is 18.2 Å². The Kier molecular flexibility index (Phi) is 4.55. The summed E-state index contributed by atoms with van der Waals surface area (Å²) in [6.07, 6.45) is 0. The molecule has 0 spiro atoms. The second kappa shape index (κ2) is 6.37. The zero-order chi connectivity index (χ0) is 12.8. The number of hydrogen-bond donors (Lipinski definition) is 2. The number of ether oxygens (including phenoxy) is 1. The number of amides is 1. The summed E-state index contributed by atoms with van der Waals surface area (Å²) in [4.78, 5) is 13.8. The molecule has 1 fully saturated rings. The third kappa shape index (κ3) is 3.72. The van der Waals surface area contributed by atoms with Crippen LogP contribution >= 0.6 is 0 Å². The fourth-order valence-corrected chi connectivity index (χ4v) is 1.87. The standard InChI is InChI=1S/C13H18N2O3/c16-12-4-2-1-3-11(12)9-14-13(17)10-15-5-7-18-8-6-15/h1-4,16H,5-10H2,(H,14,17). The number of nitrogens with one attached hydrogen (secondary N) is 1. The predicted molar refractivity (Wildman–Crippen MR) is 67.2 cm³/mol. The fourth-order valence-electron chi connectivity index (χ4n) is 1.87. The molecule has 1 aliphatic heterocycles. The smallest absolute Gasteiger partial charge is 0.234 e. The van der Waals surface area contributed by atoms with E-state index < -0.39 is 0 Å². The number of rotatable bonds is 4. The van der Waals surface area contributed by atoms with Crippen LogP contribution < -0.4 is 5.32 Å². The molecule has 5 heteroatoms. The highest BCUT2D eigenvalue weighted by Crippen LogP contribution is 2.14. The average Bonchev–Trinajstić information content (AvgIpc) is 2.39. The fraction of sp³-hybridized carbons (Fsp3) is 0.462. The Morgan fingerprint density at radius 3 is 2.78 bits per heavy atom. The molecular weight excluding hydrogens is 232 g/mol. The molecule has 0 atom stereocenters. The summed E-state index contributed by atoms with van der Waals surface area (Å²) in [5.74, 6) is 0.185. The summed E-state index contributed by atoms with van der Waals surface area (Å²) >= 11 is 0. The maximum absolute atomic E-state index is 11.7. The minimum atomic E-state index is -0.0276. The summed E-state index contributed by atoms with van der Waals surface area (Å²) in [6.45, 7) is 3.71. The van der Waals surface area contributed by atoms with E-state index >= 15 is 0 Å². The highest BCUT2D eigenvalue weighted by Gasteiger charge is 2.13. The molecule has 0 unspecified atom stereocenters. The Bertz CT molecular complexity index is 403. The first-order valence-corrected chi connectivity index (χ1v) is 6.09. The molecule has 0 radical (unpaired) electrons. The number of para-hydroxylation sites is 1. The van der Waals surface area contributed by atoms with Gasteiger partial charge in [-0.2, -0.15) is 0 Å². The van der Waals surface area contributed by atoms with Crippen LogP contribution in [0.15, 0.2) is 24.3 Å². The molecule has 0 aromatic heterocycles. The first-order valence-electron chi connectivity index (χ1n) is 6.09. The van der Waals surface area contributed by atoms with Gasteiger partial charge >= 0.3 is 0 Å². The largest absolute Gasteiger partial charge is 0.508 e. The van der Waals surface area contributed by atoms with Crippen molar-refractivity contribution in [2.24, 2.45) is 0 Å². The van der Waals surface area contributed by atoms with Gasteiger partial charge in [-0.1, -0.05) is 18.2 Å². The number of carbonyl (C=O) groups excluding carboxylic acids is 1. The van der Waals surface area contributed by atoms with Gasteiger partial charge in [0.15, 0.2) is 0 Å². The summed E-state index contributed by atoms with van der Waals surface area (Å²) in [5, 5.41) is 12.4. The summed E-state index contributed by atoms with van der Waals surface area (Å²) in [7, 11) is 0. The molecule has 1 aliphatic rings. The van der Waals surface area contributed by atoms with Crippen molar-refractivity contribution >= 4 is 5.91 Å². The van der Waals surface area contributed by atoms with E-state index in [1.165, 1.54) is 0 Å². The zero-order valence-electron chi connectivity index (χ0n) is 10.3. The molecule has 1 aromatic carbocycles. The molecule has 0 saturated carbocycles. The highest BCUT2D eigenvalue weighted by atomic mass is 16.5. The molecule has 0 aliphatic carbocycles. The Balaban J connectivity index is 1.76. The molecule has 1 saturated heterocycles. The Hall–Kier alpha value is -1.59. The van der Waals surface area contributed by atoms with Crippen molar-refractivity contribution in [2.45, 2.75) is 6.54 Å². The second-order valence-electron chi connectivity index (χ2n) is 4.29. The maximum atomic E-state index is 11.7. The van der Waals surface area contributed by atoms with Crippen LogP contribution in [-0.2, 0) is 16.1 Å². The van der Waals surface area contributed by atoms with E-state index in [2.05, 4.69) is 10.2 Å². The number of morpholine rings is 1. The van der Waals surface area contributed by atoms with Crippen LogP contribution in [0.5, 0.6) is 5.75 Å². The molecule has 5 nitrogen and oxygen atoms in total. The molecule has 1 aromatic rings. The van der Waals surface area contributed by atoms with Crippen molar-refractivity contribution in [3.8, 4) is 5.75 Å². The van der Waals surface area contributed by atoms with Gasteiger partial charge in [0.25, 0.3) is 0 Å². The maximum Gasteiger partial charge on any atom is 0.234 e. The molecule has 1 amide bonds. The molecule has 18 heavy (non-hydrogen) atoms. The van der Waals surface area contributed by atoms with Gasteiger partial charge in [-0.05, 0) is 6.07 Å². The van der Waals surface area contributed by atoms with Gasteiger partial charge in [-0.15, -0.1) is 0 Å². The lowest BCUT2D eigenvalue weighted by Gasteiger charge is -2.25. The van der Waals surface area contributed by atoms with E-state index in [0.29, 0.717) is 26.3 Å². The zero-order valence-corrected chi connectivity index (χ0v) is 10.3. The van der Waals surface area contributed by atoms with Crippen LogP contribution in [0.2, 0.25) is 0 Å². The van der Waals surface area contributed by atoms with Gasteiger partial charge in [-0.3, -0.25) is 9.69 Å². The number of nitrogens with zero attached hydrogens (tertiary/aromatic N) is 1. The lowest BCUT2D eigenvalue weighted by molar-refractivity contribution is -0.123. The van der Waals surface area contributed by atoms with Gasteiger partial charge in [0.2, 0.25) is 5.91 Å². The summed E-state index contributed by atoms with van der Waals surface area (Å²) in [5.41, 5.74) is 0.729. The molecule has 2 N–H and O–H groups in total. The SMILES string of the molecule is O=C(CN1CCOCC1)NCc1ccccc1O. The number of carbonyl (C=O) groups is 1. The first kappa shape index (κ1) is 12.9. The molecule has 98 valence electrons. The van der Waals surface area contributed by atoms with Crippen molar-refractivity contribution < 1.29 is 14.6 Å². The third-order valence-electron chi connectivity index (χ3n) is 2.94. The molecule has 0 bridgehead atoms. The van der Waals surface area contributed by atoms with E-state index in [4.69, 9.17) is 4.74 Å². The van der Waals surface area contributed by atoms with Crippen molar-refractivity contribution in [1.29, 1.82) is 0 Å². The van der Waals surface area contributed by atoms with Crippen LogP contribution in [0.25, 0.3) is 0 Å². The number of hydrogen-bond acceptors (Lipinski definition) is 4. The van der Waals surface area contributed by atoms with Crippen LogP contribution in [0.3, 0.4) is 0 Å². The van der Waals surface area contributed by atoms with E-state index in [-0.39, 0.29) is 11.7 Å². The van der Waals surface area contributed by atoms with Gasteiger partial charge in [0.1, 0.15) is 5.75 Å².